The van der Waals surface area contributed by atoms with E-state index in [4.69, 9.17) is 4.74 Å². The zero-order chi connectivity index (χ0) is 19.7. The lowest BCUT2D eigenvalue weighted by atomic mass is 9.77. The van der Waals surface area contributed by atoms with Gasteiger partial charge in [-0.3, -0.25) is 0 Å². The summed E-state index contributed by atoms with van der Waals surface area (Å²) < 4.78 is 5.95. The lowest BCUT2D eigenvalue weighted by Crippen LogP contribution is -2.26. The Morgan fingerprint density at radius 2 is 1.86 bits per heavy atom. The van der Waals surface area contributed by atoms with Gasteiger partial charge in [0.25, 0.3) is 0 Å². The van der Waals surface area contributed by atoms with E-state index in [2.05, 4.69) is 74.6 Å². The fraction of sp³-hybridized carbons (Fsp3) is 0.556. The molecule has 0 N–H and O–H groups in total. The molecule has 2 aliphatic carbocycles. The van der Waals surface area contributed by atoms with E-state index in [-0.39, 0.29) is 5.41 Å². The Balaban J connectivity index is 1.53. The molecule has 1 unspecified atom stereocenters. The predicted molar refractivity (Wildman–Crippen MR) is 121 cm³/mol. The van der Waals surface area contributed by atoms with Gasteiger partial charge in [0.1, 0.15) is 0 Å². The number of allylic oxidation sites excluding steroid dienone is 5. The van der Waals surface area contributed by atoms with Crippen LogP contribution in [0.5, 0.6) is 0 Å². The highest BCUT2D eigenvalue weighted by Crippen LogP contribution is 2.37. The lowest BCUT2D eigenvalue weighted by molar-refractivity contribution is 0.0644. The van der Waals surface area contributed by atoms with Crippen molar-refractivity contribution in [2.45, 2.75) is 71.1 Å². The maximum absolute atomic E-state index is 5.95. The molecule has 1 nitrogen and oxygen atoms in total. The standard InChI is InChI=1S/C27H38O/c1-3-8-23-9-13-25(14-10-23)26-15-11-24(12-16-26)17-20-27(22-28-21-4-2)18-6-5-7-19-27/h3,5-8,11-12,15-16,18,23,25H,4,9-10,13-14,17,19-22H2,1-2H3. The second-order valence-corrected chi connectivity index (χ2v) is 8.79. The monoisotopic (exact) mass is 378 g/mol. The predicted octanol–water partition coefficient (Wildman–Crippen LogP) is 7.40. The first kappa shape index (κ1) is 21.1. The van der Waals surface area contributed by atoms with Gasteiger partial charge < -0.3 is 4.74 Å². The van der Waals surface area contributed by atoms with Crippen LogP contribution in [0.2, 0.25) is 0 Å². The molecule has 1 aromatic rings. The topological polar surface area (TPSA) is 9.23 Å². The van der Waals surface area contributed by atoms with Gasteiger partial charge in [0, 0.05) is 12.0 Å². The van der Waals surface area contributed by atoms with Crippen molar-refractivity contribution >= 4 is 0 Å². The summed E-state index contributed by atoms with van der Waals surface area (Å²) in [5.74, 6) is 1.57. The Morgan fingerprint density at radius 3 is 2.50 bits per heavy atom. The molecule has 0 aromatic heterocycles. The van der Waals surface area contributed by atoms with Crippen molar-refractivity contribution in [2.75, 3.05) is 13.2 Å². The van der Waals surface area contributed by atoms with Gasteiger partial charge in [0.05, 0.1) is 6.61 Å². The molecule has 0 bridgehead atoms. The van der Waals surface area contributed by atoms with Gasteiger partial charge in [-0.2, -0.15) is 0 Å². The molecule has 1 heteroatoms. The van der Waals surface area contributed by atoms with Crippen LogP contribution in [0.3, 0.4) is 0 Å². The van der Waals surface area contributed by atoms with Crippen LogP contribution in [0.15, 0.2) is 60.7 Å². The van der Waals surface area contributed by atoms with Crippen LogP contribution in [0.25, 0.3) is 0 Å². The minimum atomic E-state index is 0.174. The molecule has 1 aromatic carbocycles. The molecular weight excluding hydrogens is 340 g/mol. The van der Waals surface area contributed by atoms with E-state index in [1.807, 2.05) is 0 Å². The largest absolute Gasteiger partial charge is 0.381 e. The Hall–Kier alpha value is -1.60. The molecule has 0 heterocycles. The summed E-state index contributed by atoms with van der Waals surface area (Å²) in [5, 5.41) is 0. The minimum Gasteiger partial charge on any atom is -0.381 e. The van der Waals surface area contributed by atoms with Crippen LogP contribution in [0.4, 0.5) is 0 Å². The van der Waals surface area contributed by atoms with E-state index < -0.39 is 0 Å². The Bertz CT molecular complexity index is 658. The van der Waals surface area contributed by atoms with Crippen LogP contribution >= 0.6 is 0 Å². The molecule has 1 fully saturated rings. The van der Waals surface area contributed by atoms with E-state index in [9.17, 15) is 0 Å². The first-order valence-electron chi connectivity index (χ1n) is 11.4. The highest BCUT2D eigenvalue weighted by Gasteiger charge is 2.27. The van der Waals surface area contributed by atoms with Crippen molar-refractivity contribution in [3.8, 4) is 0 Å². The Kier molecular flexibility index (Phi) is 8.15. The van der Waals surface area contributed by atoms with Gasteiger partial charge in [-0.15, -0.1) is 0 Å². The van der Waals surface area contributed by atoms with E-state index in [0.717, 1.165) is 50.7 Å². The third kappa shape index (κ3) is 5.95. The normalized spacial score (nSPS) is 27.5. The van der Waals surface area contributed by atoms with E-state index in [0.29, 0.717) is 0 Å². The first-order valence-corrected chi connectivity index (χ1v) is 11.4. The number of rotatable bonds is 9. The van der Waals surface area contributed by atoms with Crippen LogP contribution in [0.1, 0.15) is 75.8 Å². The third-order valence-electron chi connectivity index (χ3n) is 6.56. The number of hydrogen-bond acceptors (Lipinski definition) is 1. The number of hydrogen-bond donors (Lipinski definition) is 0. The third-order valence-corrected chi connectivity index (χ3v) is 6.56. The summed E-state index contributed by atoms with van der Waals surface area (Å²) in [4.78, 5) is 0. The zero-order valence-corrected chi connectivity index (χ0v) is 17.9. The molecule has 0 saturated heterocycles. The molecule has 1 atom stereocenters. The molecule has 2 aliphatic rings. The zero-order valence-electron chi connectivity index (χ0n) is 17.9. The summed E-state index contributed by atoms with van der Waals surface area (Å²) in [5.41, 5.74) is 3.18. The Morgan fingerprint density at radius 1 is 1.07 bits per heavy atom. The first-order chi connectivity index (χ1) is 13.7. The highest BCUT2D eigenvalue weighted by atomic mass is 16.5. The average molecular weight is 379 g/mol. The molecule has 0 aliphatic heterocycles. The van der Waals surface area contributed by atoms with Crippen molar-refractivity contribution in [2.24, 2.45) is 11.3 Å². The maximum Gasteiger partial charge on any atom is 0.0560 e. The Labute approximate surface area is 172 Å². The number of benzene rings is 1. The maximum atomic E-state index is 5.95. The van der Waals surface area contributed by atoms with Crippen molar-refractivity contribution in [1.29, 1.82) is 0 Å². The second-order valence-electron chi connectivity index (χ2n) is 8.79. The van der Waals surface area contributed by atoms with Crippen LogP contribution < -0.4 is 0 Å². The molecule has 0 radical (unpaired) electrons. The van der Waals surface area contributed by atoms with Crippen molar-refractivity contribution in [3.05, 3.63) is 71.8 Å². The second kappa shape index (κ2) is 10.8. The van der Waals surface area contributed by atoms with E-state index in [1.54, 1.807) is 5.56 Å². The van der Waals surface area contributed by atoms with Gasteiger partial charge in [0.2, 0.25) is 0 Å². The number of aryl methyl sites for hydroxylation is 1. The van der Waals surface area contributed by atoms with E-state index in [1.165, 1.54) is 31.2 Å². The fourth-order valence-corrected chi connectivity index (χ4v) is 4.76. The van der Waals surface area contributed by atoms with E-state index >= 15 is 0 Å². The summed E-state index contributed by atoms with van der Waals surface area (Å²) in [7, 11) is 0. The van der Waals surface area contributed by atoms with Crippen LogP contribution in [-0.4, -0.2) is 13.2 Å². The van der Waals surface area contributed by atoms with Crippen LogP contribution in [0, 0.1) is 11.3 Å². The lowest BCUT2D eigenvalue weighted by Gasteiger charge is -2.31. The minimum absolute atomic E-state index is 0.174. The highest BCUT2D eigenvalue weighted by molar-refractivity contribution is 5.27. The van der Waals surface area contributed by atoms with Crippen molar-refractivity contribution < 1.29 is 4.74 Å². The average Bonchev–Trinajstić information content (AvgIpc) is 2.75. The molecule has 1 saturated carbocycles. The fourth-order valence-electron chi connectivity index (χ4n) is 4.76. The van der Waals surface area contributed by atoms with Gasteiger partial charge in [-0.1, -0.05) is 67.6 Å². The molecule has 0 amide bonds. The summed E-state index contributed by atoms with van der Waals surface area (Å²) >= 11 is 0. The summed E-state index contributed by atoms with van der Waals surface area (Å²) in [6.07, 6.45) is 23.5. The molecule has 152 valence electrons. The van der Waals surface area contributed by atoms with Gasteiger partial charge in [-0.05, 0) is 81.3 Å². The van der Waals surface area contributed by atoms with Gasteiger partial charge in [-0.25, -0.2) is 0 Å². The smallest absolute Gasteiger partial charge is 0.0560 e. The molecule has 3 rings (SSSR count). The summed E-state index contributed by atoms with van der Waals surface area (Å²) in [6, 6.07) is 9.53. The van der Waals surface area contributed by atoms with Crippen molar-refractivity contribution in [3.63, 3.8) is 0 Å². The van der Waals surface area contributed by atoms with Crippen molar-refractivity contribution in [1.82, 2.24) is 0 Å². The van der Waals surface area contributed by atoms with Gasteiger partial charge in [0.15, 0.2) is 0 Å². The molecule has 0 spiro atoms. The number of ether oxygens (including phenoxy) is 1. The van der Waals surface area contributed by atoms with Gasteiger partial charge >= 0.3 is 0 Å². The quantitative estimate of drug-likeness (QED) is 0.321. The summed E-state index contributed by atoms with van der Waals surface area (Å²) in [6.45, 7) is 6.03. The van der Waals surface area contributed by atoms with Crippen LogP contribution in [-0.2, 0) is 11.2 Å². The molecule has 28 heavy (non-hydrogen) atoms. The molecular formula is C27H38O. The SMILES string of the molecule is CC=CC1CCC(c2ccc(CCC3(COCCC)C=CC=CC3)cc2)CC1.